The maximum Gasteiger partial charge on any atom is 0.238 e. The van der Waals surface area contributed by atoms with Gasteiger partial charge in [0.15, 0.2) is 0 Å². The summed E-state index contributed by atoms with van der Waals surface area (Å²) in [6, 6.07) is 7.74. The topological polar surface area (TPSA) is 116 Å². The van der Waals surface area contributed by atoms with Gasteiger partial charge in [-0.15, -0.1) is 11.3 Å². The molecule has 9 nitrogen and oxygen atoms in total. The number of fused-ring (bicyclic) bond motifs is 3. The normalized spacial score (nSPS) is 23.0. The first kappa shape index (κ1) is 22.2. The number of likely N-dealkylation sites (tertiary alicyclic amines) is 1. The van der Waals surface area contributed by atoms with Crippen LogP contribution in [0.15, 0.2) is 36.0 Å². The van der Waals surface area contributed by atoms with E-state index in [4.69, 9.17) is 0 Å². The van der Waals surface area contributed by atoms with Gasteiger partial charge >= 0.3 is 0 Å². The van der Waals surface area contributed by atoms with Crippen molar-refractivity contribution in [1.82, 2.24) is 20.2 Å². The Bertz CT molecular complexity index is 1310. The zero-order chi connectivity index (χ0) is 23.2. The fourth-order valence-electron chi connectivity index (χ4n) is 4.87. The van der Waals surface area contributed by atoms with Crippen LogP contribution < -0.4 is 15.4 Å². The van der Waals surface area contributed by atoms with E-state index in [1.807, 2.05) is 12.3 Å². The van der Waals surface area contributed by atoms with Crippen LogP contribution in [0, 0.1) is 6.92 Å². The number of aryl methyl sites for hydroxylation is 1. The molecule has 11 heteroatoms. The van der Waals surface area contributed by atoms with Crippen molar-refractivity contribution in [2.75, 3.05) is 29.4 Å². The third-order valence-electron chi connectivity index (χ3n) is 6.24. The Hall–Kier alpha value is -2.60. The summed E-state index contributed by atoms with van der Waals surface area (Å²) < 4.78 is 25.6. The van der Waals surface area contributed by atoms with Gasteiger partial charge in [0.2, 0.25) is 15.9 Å². The largest absolute Gasteiger partial charge is 0.325 e. The minimum absolute atomic E-state index is 0.0195. The van der Waals surface area contributed by atoms with E-state index in [9.17, 15) is 13.2 Å². The molecule has 1 aromatic carbocycles. The molecule has 2 aliphatic heterocycles. The van der Waals surface area contributed by atoms with Crippen molar-refractivity contribution >= 4 is 48.9 Å². The quantitative estimate of drug-likeness (QED) is 0.490. The van der Waals surface area contributed by atoms with Crippen molar-refractivity contribution in [3.63, 3.8) is 0 Å². The molecule has 0 saturated carbocycles. The van der Waals surface area contributed by atoms with Crippen LogP contribution in [-0.4, -0.2) is 60.6 Å². The zero-order valence-corrected chi connectivity index (χ0v) is 20.0. The molecule has 174 valence electrons. The zero-order valence-electron chi connectivity index (χ0n) is 18.4. The number of anilines is 2. The second kappa shape index (κ2) is 8.64. The fourth-order valence-corrected chi connectivity index (χ4v) is 6.17. The average molecular weight is 487 g/mol. The monoisotopic (exact) mass is 486 g/mol. The summed E-state index contributed by atoms with van der Waals surface area (Å²) in [6.07, 6.45) is 4.83. The van der Waals surface area contributed by atoms with Crippen molar-refractivity contribution < 1.29 is 13.2 Å². The molecule has 4 heterocycles. The summed E-state index contributed by atoms with van der Waals surface area (Å²) >= 11 is 1.59. The lowest BCUT2D eigenvalue weighted by Crippen LogP contribution is -2.54. The molecule has 3 unspecified atom stereocenters. The number of piperazine rings is 1. The predicted molar refractivity (Wildman–Crippen MR) is 130 cm³/mol. The van der Waals surface area contributed by atoms with Crippen molar-refractivity contribution in [2.24, 2.45) is 0 Å². The highest BCUT2D eigenvalue weighted by Crippen LogP contribution is 2.38. The number of sulfonamides is 1. The predicted octanol–water partition coefficient (Wildman–Crippen LogP) is 2.49. The number of rotatable bonds is 6. The van der Waals surface area contributed by atoms with E-state index in [-0.39, 0.29) is 24.5 Å². The molecular weight excluding hydrogens is 460 g/mol. The van der Waals surface area contributed by atoms with Gasteiger partial charge in [-0.05, 0) is 48.9 Å². The van der Waals surface area contributed by atoms with E-state index in [1.54, 1.807) is 35.9 Å². The van der Waals surface area contributed by atoms with Crippen LogP contribution in [-0.2, 0) is 14.8 Å². The number of carbonyl (C=O) groups is 1. The van der Waals surface area contributed by atoms with Crippen molar-refractivity contribution in [3.8, 4) is 0 Å². The number of thiophene rings is 1. The van der Waals surface area contributed by atoms with Gasteiger partial charge in [-0.25, -0.2) is 18.4 Å². The van der Waals surface area contributed by atoms with Crippen LogP contribution in [0.5, 0.6) is 0 Å². The molecule has 0 aliphatic carbocycles. The molecule has 2 aromatic heterocycles. The van der Waals surface area contributed by atoms with Crippen LogP contribution in [0.3, 0.4) is 0 Å². The van der Waals surface area contributed by atoms with Gasteiger partial charge in [-0.1, -0.05) is 6.07 Å². The molecule has 3 aromatic rings. The minimum atomic E-state index is -3.40. The van der Waals surface area contributed by atoms with Crippen LogP contribution in [0.1, 0.15) is 30.1 Å². The van der Waals surface area contributed by atoms with Gasteiger partial charge in [0.25, 0.3) is 0 Å². The number of hydrogen-bond acceptors (Lipinski definition) is 8. The Morgan fingerprint density at radius 1 is 1.27 bits per heavy atom. The van der Waals surface area contributed by atoms with Gasteiger partial charge in [0, 0.05) is 29.7 Å². The molecule has 2 aliphatic rings. The van der Waals surface area contributed by atoms with E-state index in [1.165, 1.54) is 0 Å². The van der Waals surface area contributed by atoms with Gasteiger partial charge in [0.05, 0.1) is 30.2 Å². The van der Waals surface area contributed by atoms with Gasteiger partial charge in [0.1, 0.15) is 11.2 Å². The lowest BCUT2D eigenvalue weighted by atomic mass is 9.99. The first-order chi connectivity index (χ1) is 15.8. The fraction of sp³-hybridized carbons (Fsp3) is 0.409. The molecule has 5 rings (SSSR count). The Balaban J connectivity index is 1.38. The first-order valence-electron chi connectivity index (χ1n) is 10.8. The van der Waals surface area contributed by atoms with Crippen molar-refractivity contribution in [3.05, 3.63) is 47.2 Å². The molecular formula is C22H26N6O3S2. The highest BCUT2D eigenvalue weighted by Gasteiger charge is 2.42. The molecule has 2 saturated heterocycles. The summed E-state index contributed by atoms with van der Waals surface area (Å²) in [7, 11) is -3.40. The summed E-state index contributed by atoms with van der Waals surface area (Å²) in [4.78, 5) is 25.3. The summed E-state index contributed by atoms with van der Waals surface area (Å²) in [6.45, 7) is 2.86. The molecule has 3 atom stereocenters. The molecule has 1 amide bonds. The maximum atomic E-state index is 13.1. The number of nitrogens with zero attached hydrogens (tertiary/aromatic N) is 3. The highest BCUT2D eigenvalue weighted by atomic mass is 32.2. The van der Waals surface area contributed by atoms with E-state index >= 15 is 0 Å². The maximum absolute atomic E-state index is 13.1. The third kappa shape index (κ3) is 4.72. The molecule has 33 heavy (non-hydrogen) atoms. The Labute approximate surface area is 196 Å². The van der Waals surface area contributed by atoms with Crippen LogP contribution in [0.25, 0.3) is 10.2 Å². The van der Waals surface area contributed by atoms with E-state index < -0.39 is 10.0 Å². The number of benzene rings is 1. The van der Waals surface area contributed by atoms with Gasteiger partial charge in [-0.2, -0.15) is 0 Å². The standard InChI is InChI=1S/C22H26N6O3S2/c1-13-3-4-14(27-33(2,30)31)9-18(13)26-19(29)11-28-10-15-5-6-17(25-15)21(28)20-16-7-8-32-22(16)24-12-23-20/h3-4,7-9,12,15,17,21,25,27H,5-6,10-11H2,1-2H3,(H,26,29). The summed E-state index contributed by atoms with van der Waals surface area (Å²) in [5.74, 6) is -0.142. The number of carbonyl (C=O) groups excluding carboxylic acids is 1. The van der Waals surface area contributed by atoms with Crippen LogP contribution in [0.2, 0.25) is 0 Å². The van der Waals surface area contributed by atoms with E-state index in [2.05, 4.69) is 36.3 Å². The smallest absolute Gasteiger partial charge is 0.238 e. The molecule has 2 bridgehead atoms. The number of amides is 1. The number of hydrogen-bond donors (Lipinski definition) is 3. The Morgan fingerprint density at radius 2 is 2.12 bits per heavy atom. The van der Waals surface area contributed by atoms with Crippen molar-refractivity contribution in [1.29, 1.82) is 0 Å². The Kier molecular flexibility index (Phi) is 5.81. The Morgan fingerprint density at radius 3 is 2.94 bits per heavy atom. The summed E-state index contributed by atoms with van der Waals surface area (Å²) in [5.41, 5.74) is 2.82. The first-order valence-corrected chi connectivity index (χ1v) is 13.6. The second-order valence-electron chi connectivity index (χ2n) is 8.77. The van der Waals surface area contributed by atoms with E-state index in [0.717, 1.165) is 47.1 Å². The molecule has 0 spiro atoms. The van der Waals surface area contributed by atoms with Crippen molar-refractivity contribution in [2.45, 2.75) is 37.9 Å². The molecule has 0 radical (unpaired) electrons. The van der Waals surface area contributed by atoms with Crippen LogP contribution in [0.4, 0.5) is 11.4 Å². The minimum Gasteiger partial charge on any atom is -0.325 e. The average Bonchev–Trinajstić information content (AvgIpc) is 3.37. The van der Waals surface area contributed by atoms with Gasteiger partial charge < -0.3 is 10.6 Å². The molecule has 3 N–H and O–H groups in total. The summed E-state index contributed by atoms with van der Waals surface area (Å²) in [5, 5.41) is 9.73. The van der Waals surface area contributed by atoms with E-state index in [0.29, 0.717) is 17.4 Å². The molecule has 2 fully saturated rings. The SMILES string of the molecule is Cc1ccc(NS(C)(=O)=O)cc1NC(=O)CN1CC2CCC(N2)C1c1ncnc2sccc12. The lowest BCUT2D eigenvalue weighted by molar-refractivity contribution is -0.118. The number of nitrogens with one attached hydrogen (secondary N) is 3. The highest BCUT2D eigenvalue weighted by molar-refractivity contribution is 7.92. The third-order valence-corrected chi connectivity index (χ3v) is 7.67. The van der Waals surface area contributed by atoms with Crippen LogP contribution >= 0.6 is 11.3 Å². The lowest BCUT2D eigenvalue weighted by Gasteiger charge is -2.40. The number of aromatic nitrogens is 2. The second-order valence-corrected chi connectivity index (χ2v) is 11.4. The van der Waals surface area contributed by atoms with Gasteiger partial charge in [-0.3, -0.25) is 14.4 Å².